The number of rotatable bonds is 3. The molecule has 0 spiro atoms. The maximum atomic E-state index is 5.48. The van der Waals surface area contributed by atoms with Crippen molar-refractivity contribution >= 4 is 8.80 Å². The molecular weight excluding hydrogens is 365 g/mol. The molecule has 1 nitrogen and oxygen atoms in total. The van der Waals surface area contributed by atoms with Gasteiger partial charge in [-0.3, -0.25) is 0 Å². The summed E-state index contributed by atoms with van der Waals surface area (Å²) >= 11 is 0. The van der Waals surface area contributed by atoms with E-state index in [9.17, 15) is 0 Å². The van der Waals surface area contributed by atoms with Crippen LogP contribution in [0.1, 0.15) is 51.4 Å². The Morgan fingerprint density at radius 1 is 1.14 bits per heavy atom. The third kappa shape index (κ3) is 4.97. The maximum absolute atomic E-state index is 5.48. The molecule has 0 amide bonds. The van der Waals surface area contributed by atoms with Gasteiger partial charge in [-0.2, -0.15) is 0 Å². The number of allylic oxidation sites excluding steroid dienone is 3. The summed E-state index contributed by atoms with van der Waals surface area (Å²) < 4.78 is 0. The van der Waals surface area contributed by atoms with Gasteiger partial charge in [-0.1, -0.05) is 75.4 Å². The van der Waals surface area contributed by atoms with Crippen molar-refractivity contribution in [3.63, 3.8) is 0 Å². The summed E-state index contributed by atoms with van der Waals surface area (Å²) in [5.41, 5.74) is 1.69. The minimum Gasteiger partial charge on any atom is -1.00 e. The Kier molecular flexibility index (Phi) is 10.5. The zero-order chi connectivity index (χ0) is 13.3. The summed E-state index contributed by atoms with van der Waals surface area (Å²) in [5, 5.41) is 5.93. The Bertz CT molecular complexity index is 392. The molecule has 2 saturated carbocycles. The van der Waals surface area contributed by atoms with Gasteiger partial charge in [0.2, 0.25) is 0 Å². The van der Waals surface area contributed by atoms with Crippen LogP contribution < -0.4 is 24.8 Å². The van der Waals surface area contributed by atoms with E-state index in [1.807, 2.05) is 0 Å². The minimum absolute atomic E-state index is 0. The average molecular weight is 393 g/mol. The van der Waals surface area contributed by atoms with Crippen LogP contribution in [-0.4, -0.2) is 20.0 Å². The fourth-order valence-corrected chi connectivity index (χ4v) is 6.44. The Morgan fingerprint density at radius 3 is 2.41 bits per heavy atom. The van der Waals surface area contributed by atoms with Gasteiger partial charge in [-0.05, 0) is 18.8 Å². The van der Waals surface area contributed by atoms with Gasteiger partial charge >= 0.3 is 21.7 Å². The van der Waals surface area contributed by atoms with Crippen LogP contribution in [0, 0.1) is 5.92 Å². The zero-order valence-corrected chi connectivity index (χ0v) is 18.1. The molecule has 0 aromatic heterocycles. The van der Waals surface area contributed by atoms with Crippen molar-refractivity contribution in [3.05, 3.63) is 29.1 Å². The van der Waals surface area contributed by atoms with E-state index in [0.717, 1.165) is 5.92 Å². The van der Waals surface area contributed by atoms with E-state index >= 15 is 0 Å². The Hall–Kier alpha value is 0.951. The number of nitrogens with zero attached hydrogens (tertiary/aromatic N) is 1. The monoisotopic (exact) mass is 392 g/mol. The summed E-state index contributed by atoms with van der Waals surface area (Å²) in [6, 6.07) is 0.643. The molecule has 0 aliphatic heterocycles. The fourth-order valence-electron chi connectivity index (χ4n) is 4.37. The van der Waals surface area contributed by atoms with E-state index in [0.29, 0.717) is 11.2 Å². The quantitative estimate of drug-likeness (QED) is 0.533. The van der Waals surface area contributed by atoms with Gasteiger partial charge in [0.25, 0.3) is 0 Å². The molecule has 0 heterocycles. The van der Waals surface area contributed by atoms with E-state index in [4.69, 9.17) is 5.32 Å². The standard InChI is InChI=1S/C17H28NSi.2ClH.Ti/c1-19(2)17(10-6-3-7-11-17)18-16-12-14-8-4-5-9-15(14)13-16;;;/h4-5,8,15-16,19H,3,6-7,9-13H2,1-2H3;2*1H;/q-1;;;+3/p-2. The zero-order valence-electron chi connectivity index (χ0n) is 13.8. The largest absolute Gasteiger partial charge is 3.00 e. The van der Waals surface area contributed by atoms with Crippen molar-refractivity contribution in [2.45, 2.75) is 75.7 Å². The third-order valence-corrected chi connectivity index (χ3v) is 8.53. The third-order valence-electron chi connectivity index (χ3n) is 5.65. The molecule has 3 aliphatic carbocycles. The molecular formula is C17H28Cl2NSiTi. The first kappa shape index (κ1) is 23.0. The molecule has 3 rings (SSSR count). The van der Waals surface area contributed by atoms with Crippen molar-refractivity contribution < 1.29 is 46.5 Å². The van der Waals surface area contributed by atoms with Crippen LogP contribution in [0.5, 0.6) is 0 Å². The Morgan fingerprint density at radius 2 is 1.82 bits per heavy atom. The molecule has 0 aromatic rings. The molecule has 1 radical (unpaired) electrons. The predicted octanol–water partition coefficient (Wildman–Crippen LogP) is -1.24. The van der Waals surface area contributed by atoms with E-state index in [1.165, 1.54) is 51.4 Å². The summed E-state index contributed by atoms with van der Waals surface area (Å²) in [6.07, 6.45) is 17.9. The van der Waals surface area contributed by atoms with Crippen LogP contribution >= 0.6 is 0 Å². The summed E-state index contributed by atoms with van der Waals surface area (Å²) in [5.74, 6) is 0.827. The van der Waals surface area contributed by atoms with Gasteiger partial charge < -0.3 is 30.1 Å². The SMILES string of the molecule is C[SiH](C)C1([N-]C2CC3=CC=CCC3C2)CCCCC1.[Cl-].[Cl-].[Ti+3]. The van der Waals surface area contributed by atoms with Crippen molar-refractivity contribution in [2.24, 2.45) is 5.92 Å². The summed E-state index contributed by atoms with van der Waals surface area (Å²) in [7, 11) is -0.688. The molecule has 3 aliphatic rings. The second-order valence-electron chi connectivity index (χ2n) is 7.14. The second-order valence-corrected chi connectivity index (χ2v) is 10.5. The van der Waals surface area contributed by atoms with Crippen LogP contribution in [0.3, 0.4) is 0 Å². The van der Waals surface area contributed by atoms with Crippen LogP contribution in [0.4, 0.5) is 0 Å². The number of fused-ring (bicyclic) bond motifs is 1. The van der Waals surface area contributed by atoms with Gasteiger partial charge in [-0.15, -0.1) is 11.2 Å². The molecule has 22 heavy (non-hydrogen) atoms. The first-order valence-corrected chi connectivity index (χ1v) is 11.2. The van der Waals surface area contributed by atoms with Crippen molar-refractivity contribution in [2.75, 3.05) is 0 Å². The first-order valence-electron chi connectivity index (χ1n) is 8.27. The molecule has 2 fully saturated rings. The van der Waals surface area contributed by atoms with E-state index in [2.05, 4.69) is 31.3 Å². The molecule has 0 aromatic carbocycles. The molecule has 2 unspecified atom stereocenters. The Labute approximate surface area is 165 Å². The topological polar surface area (TPSA) is 14.1 Å². The van der Waals surface area contributed by atoms with Crippen LogP contribution in [0.15, 0.2) is 23.8 Å². The average Bonchev–Trinajstić information content (AvgIpc) is 2.81. The van der Waals surface area contributed by atoms with Crippen molar-refractivity contribution in [3.8, 4) is 0 Å². The normalized spacial score (nSPS) is 28.8. The van der Waals surface area contributed by atoms with Crippen LogP contribution in [-0.2, 0) is 21.7 Å². The molecule has 0 bridgehead atoms. The van der Waals surface area contributed by atoms with E-state index in [-0.39, 0.29) is 46.5 Å². The molecule has 0 N–H and O–H groups in total. The van der Waals surface area contributed by atoms with Gasteiger partial charge in [0.15, 0.2) is 0 Å². The smallest absolute Gasteiger partial charge is 1.00 e. The molecule has 123 valence electrons. The molecule has 5 heteroatoms. The first-order chi connectivity index (χ1) is 9.20. The number of hydrogen-bond donors (Lipinski definition) is 0. The summed E-state index contributed by atoms with van der Waals surface area (Å²) in [4.78, 5) is 0. The van der Waals surface area contributed by atoms with E-state index in [1.54, 1.807) is 5.57 Å². The molecule has 2 atom stereocenters. The van der Waals surface area contributed by atoms with Crippen molar-refractivity contribution in [1.29, 1.82) is 0 Å². The minimum atomic E-state index is -0.688. The van der Waals surface area contributed by atoms with E-state index < -0.39 is 8.80 Å². The Balaban J connectivity index is 0.00000147. The predicted molar refractivity (Wildman–Crippen MR) is 86.4 cm³/mol. The number of hydrogen-bond acceptors (Lipinski definition) is 0. The number of halogens is 2. The van der Waals surface area contributed by atoms with Crippen molar-refractivity contribution in [1.82, 2.24) is 0 Å². The molecule has 0 saturated heterocycles. The fraction of sp³-hybridized carbons (Fsp3) is 0.765. The van der Waals surface area contributed by atoms with Gasteiger partial charge in [-0.25, -0.2) is 0 Å². The summed E-state index contributed by atoms with van der Waals surface area (Å²) in [6.45, 7) is 5.05. The maximum Gasteiger partial charge on any atom is 3.00 e. The van der Waals surface area contributed by atoms with Crippen LogP contribution in [0.2, 0.25) is 13.1 Å². The van der Waals surface area contributed by atoms with Crippen LogP contribution in [0.25, 0.3) is 5.32 Å². The van der Waals surface area contributed by atoms with Gasteiger partial charge in [0, 0.05) is 8.80 Å². The van der Waals surface area contributed by atoms with Gasteiger partial charge in [0.05, 0.1) is 0 Å². The van der Waals surface area contributed by atoms with Gasteiger partial charge in [0.1, 0.15) is 0 Å². The second kappa shape index (κ2) is 10.1.